The minimum absolute atomic E-state index is 0.411. The van der Waals surface area contributed by atoms with Crippen molar-refractivity contribution in [3.63, 3.8) is 0 Å². The maximum absolute atomic E-state index is 11.1. The molecule has 1 aromatic carbocycles. The van der Waals surface area contributed by atoms with Gasteiger partial charge in [0.1, 0.15) is 5.65 Å². The van der Waals surface area contributed by atoms with E-state index in [0.717, 1.165) is 10.8 Å². The number of hydrogen-bond acceptors (Lipinski definition) is 3. The average molecular weight is 232 g/mol. The van der Waals surface area contributed by atoms with Crippen molar-refractivity contribution in [3.8, 4) is 0 Å². The summed E-state index contributed by atoms with van der Waals surface area (Å²) in [6.45, 7) is 0. The number of aromatic nitrogens is 3. The zero-order valence-electron chi connectivity index (χ0n) is 8.07. The third-order valence-corrected chi connectivity index (χ3v) is 2.68. The average Bonchev–Trinajstić information content (AvgIpc) is 2.28. The number of nitrogens with zero attached hydrogens (tertiary/aromatic N) is 2. The number of rotatable bonds is 0. The second kappa shape index (κ2) is 3.28. The Balaban J connectivity index is 2.54. The van der Waals surface area contributed by atoms with Gasteiger partial charge >= 0.3 is 5.69 Å². The predicted molar refractivity (Wildman–Crippen MR) is 62.7 cm³/mol. The SMILES string of the molecule is O=c1ncc2cc3cccc(Cl)c3nc2[nH]1. The molecule has 0 saturated heterocycles. The maximum atomic E-state index is 11.1. The molecule has 0 bridgehead atoms. The monoisotopic (exact) mass is 231 g/mol. The van der Waals surface area contributed by atoms with Crippen LogP contribution in [0.25, 0.3) is 21.9 Å². The van der Waals surface area contributed by atoms with Gasteiger partial charge in [-0.15, -0.1) is 0 Å². The molecule has 0 aliphatic heterocycles. The first kappa shape index (κ1) is 9.30. The van der Waals surface area contributed by atoms with E-state index in [-0.39, 0.29) is 0 Å². The van der Waals surface area contributed by atoms with Gasteiger partial charge in [-0.2, -0.15) is 0 Å². The van der Waals surface area contributed by atoms with Gasteiger partial charge in [0.25, 0.3) is 0 Å². The van der Waals surface area contributed by atoms with E-state index in [9.17, 15) is 4.79 Å². The number of nitrogens with one attached hydrogen (secondary N) is 1. The Kier molecular flexibility index (Phi) is 1.91. The molecular formula is C11H6ClN3O. The van der Waals surface area contributed by atoms with Gasteiger partial charge in [0.2, 0.25) is 0 Å². The van der Waals surface area contributed by atoms with Crippen LogP contribution in [0.4, 0.5) is 0 Å². The van der Waals surface area contributed by atoms with E-state index in [0.29, 0.717) is 16.2 Å². The van der Waals surface area contributed by atoms with E-state index in [1.54, 1.807) is 6.07 Å². The molecular weight excluding hydrogens is 226 g/mol. The van der Waals surface area contributed by atoms with E-state index in [4.69, 9.17) is 11.6 Å². The van der Waals surface area contributed by atoms with Gasteiger partial charge in [0.15, 0.2) is 0 Å². The van der Waals surface area contributed by atoms with Crippen LogP contribution in [0.3, 0.4) is 0 Å². The van der Waals surface area contributed by atoms with E-state index < -0.39 is 5.69 Å². The van der Waals surface area contributed by atoms with Gasteiger partial charge in [0.05, 0.1) is 10.5 Å². The summed E-state index contributed by atoms with van der Waals surface area (Å²) < 4.78 is 0. The van der Waals surface area contributed by atoms with Crippen LogP contribution < -0.4 is 5.69 Å². The zero-order valence-corrected chi connectivity index (χ0v) is 8.82. The van der Waals surface area contributed by atoms with Crippen molar-refractivity contribution in [3.05, 3.63) is 46.0 Å². The van der Waals surface area contributed by atoms with E-state index in [1.165, 1.54) is 6.20 Å². The Morgan fingerprint density at radius 3 is 3.00 bits per heavy atom. The lowest BCUT2D eigenvalue weighted by Crippen LogP contribution is -2.09. The molecule has 0 aliphatic carbocycles. The van der Waals surface area contributed by atoms with E-state index in [2.05, 4.69) is 15.0 Å². The van der Waals surface area contributed by atoms with Gasteiger partial charge in [-0.05, 0) is 12.1 Å². The molecule has 0 saturated carbocycles. The normalized spacial score (nSPS) is 11.1. The fraction of sp³-hybridized carbons (Fsp3) is 0. The highest BCUT2D eigenvalue weighted by molar-refractivity contribution is 6.35. The van der Waals surface area contributed by atoms with Crippen LogP contribution in [0.5, 0.6) is 0 Å². The molecule has 0 aliphatic rings. The number of para-hydroxylation sites is 1. The Morgan fingerprint density at radius 1 is 1.25 bits per heavy atom. The van der Waals surface area contributed by atoms with Gasteiger partial charge in [-0.1, -0.05) is 23.7 Å². The number of halogens is 1. The second-order valence-corrected chi connectivity index (χ2v) is 3.83. The number of aromatic amines is 1. The minimum Gasteiger partial charge on any atom is -0.290 e. The van der Waals surface area contributed by atoms with Crippen LogP contribution in [0.2, 0.25) is 5.02 Å². The Bertz CT molecular complexity index is 751. The lowest BCUT2D eigenvalue weighted by atomic mass is 10.2. The number of pyridine rings is 1. The third-order valence-electron chi connectivity index (χ3n) is 2.37. The molecule has 2 heterocycles. The molecule has 3 rings (SSSR count). The van der Waals surface area contributed by atoms with Crippen LogP contribution in [0, 0.1) is 0 Å². The minimum atomic E-state index is -0.411. The Labute approximate surface area is 94.9 Å². The molecule has 0 amide bonds. The molecule has 0 atom stereocenters. The van der Waals surface area contributed by atoms with Gasteiger partial charge in [0, 0.05) is 17.0 Å². The molecule has 16 heavy (non-hydrogen) atoms. The second-order valence-electron chi connectivity index (χ2n) is 3.43. The van der Waals surface area contributed by atoms with Crippen LogP contribution >= 0.6 is 11.6 Å². The lowest BCUT2D eigenvalue weighted by Gasteiger charge is -2.01. The molecule has 5 heteroatoms. The first-order valence-electron chi connectivity index (χ1n) is 4.68. The third kappa shape index (κ3) is 1.35. The summed E-state index contributed by atoms with van der Waals surface area (Å²) in [5.41, 5.74) is 0.769. The largest absolute Gasteiger partial charge is 0.346 e. The molecule has 1 N–H and O–H groups in total. The predicted octanol–water partition coefficient (Wildman–Crippen LogP) is 2.12. The van der Waals surface area contributed by atoms with Crippen LogP contribution in [0.15, 0.2) is 35.3 Å². The lowest BCUT2D eigenvalue weighted by molar-refractivity contribution is 1.10. The summed E-state index contributed by atoms with van der Waals surface area (Å²) in [5, 5.41) is 2.28. The van der Waals surface area contributed by atoms with Crippen molar-refractivity contribution >= 4 is 33.5 Å². The van der Waals surface area contributed by atoms with Crippen molar-refractivity contribution < 1.29 is 0 Å². The standard InChI is InChI=1S/C11H6ClN3O/c12-8-3-1-2-6-4-7-5-13-11(16)15-10(7)14-9(6)8/h1-5H,(H,13,14,15,16). The molecule has 0 radical (unpaired) electrons. The molecule has 4 nitrogen and oxygen atoms in total. The fourth-order valence-electron chi connectivity index (χ4n) is 1.64. The number of hydrogen-bond donors (Lipinski definition) is 1. The van der Waals surface area contributed by atoms with E-state index in [1.807, 2.05) is 18.2 Å². The number of H-pyrrole nitrogens is 1. The summed E-state index contributed by atoms with van der Waals surface area (Å²) in [6.07, 6.45) is 1.50. The fourth-order valence-corrected chi connectivity index (χ4v) is 1.86. The van der Waals surface area contributed by atoms with Crippen molar-refractivity contribution in [2.24, 2.45) is 0 Å². The van der Waals surface area contributed by atoms with Gasteiger partial charge in [-0.25, -0.2) is 14.8 Å². The van der Waals surface area contributed by atoms with Crippen LogP contribution in [0.1, 0.15) is 0 Å². The summed E-state index contributed by atoms with van der Waals surface area (Å²) in [4.78, 5) is 21.6. The molecule has 0 fully saturated rings. The highest BCUT2D eigenvalue weighted by Gasteiger charge is 2.03. The summed E-state index contributed by atoms with van der Waals surface area (Å²) in [5.74, 6) is 0. The van der Waals surface area contributed by atoms with Crippen molar-refractivity contribution in [1.29, 1.82) is 0 Å². The topological polar surface area (TPSA) is 58.6 Å². The highest BCUT2D eigenvalue weighted by Crippen LogP contribution is 2.23. The maximum Gasteiger partial charge on any atom is 0.346 e. The van der Waals surface area contributed by atoms with Gasteiger partial charge in [-0.3, -0.25) is 4.98 Å². The highest BCUT2D eigenvalue weighted by atomic mass is 35.5. The smallest absolute Gasteiger partial charge is 0.290 e. The van der Waals surface area contributed by atoms with Crippen molar-refractivity contribution in [1.82, 2.24) is 15.0 Å². The Hall–Kier alpha value is -1.94. The molecule has 78 valence electrons. The van der Waals surface area contributed by atoms with Crippen LogP contribution in [-0.2, 0) is 0 Å². The molecule has 0 unspecified atom stereocenters. The molecule has 0 spiro atoms. The summed E-state index contributed by atoms with van der Waals surface area (Å²) in [7, 11) is 0. The Morgan fingerprint density at radius 2 is 2.12 bits per heavy atom. The summed E-state index contributed by atoms with van der Waals surface area (Å²) >= 11 is 6.03. The van der Waals surface area contributed by atoms with Crippen molar-refractivity contribution in [2.45, 2.75) is 0 Å². The summed E-state index contributed by atoms with van der Waals surface area (Å²) in [6, 6.07) is 7.44. The van der Waals surface area contributed by atoms with E-state index >= 15 is 0 Å². The quantitative estimate of drug-likeness (QED) is 0.603. The van der Waals surface area contributed by atoms with Crippen LogP contribution in [-0.4, -0.2) is 15.0 Å². The zero-order chi connectivity index (χ0) is 11.1. The van der Waals surface area contributed by atoms with Gasteiger partial charge < -0.3 is 0 Å². The molecule has 3 aromatic rings. The number of fused-ring (bicyclic) bond motifs is 2. The van der Waals surface area contributed by atoms with Crippen molar-refractivity contribution in [2.75, 3.05) is 0 Å². The first-order valence-corrected chi connectivity index (χ1v) is 5.06. The molecule has 2 aromatic heterocycles. The number of benzene rings is 1. The first-order chi connectivity index (χ1) is 7.74.